The van der Waals surface area contributed by atoms with Crippen molar-refractivity contribution >= 4 is 0 Å². The molecule has 3 N–H and O–H groups in total. The van der Waals surface area contributed by atoms with Gasteiger partial charge in [-0.2, -0.15) is 13.2 Å². The van der Waals surface area contributed by atoms with Crippen LogP contribution in [-0.2, 0) is 19.3 Å². The van der Waals surface area contributed by atoms with Crippen LogP contribution in [0.1, 0.15) is 16.8 Å². The molecule has 0 aliphatic rings. The van der Waals surface area contributed by atoms with Gasteiger partial charge in [0.25, 0.3) is 0 Å². The average Bonchev–Trinajstić information content (AvgIpc) is 2.24. The van der Waals surface area contributed by atoms with Crippen molar-refractivity contribution in [3.63, 3.8) is 0 Å². The summed E-state index contributed by atoms with van der Waals surface area (Å²) >= 11 is 0. The van der Waals surface area contributed by atoms with E-state index in [2.05, 4.69) is 9.72 Å². The number of rotatable bonds is 3. The lowest BCUT2D eigenvalue weighted by Gasteiger charge is -2.16. The number of alkyl halides is 6. The van der Waals surface area contributed by atoms with Gasteiger partial charge in [0.15, 0.2) is 0 Å². The highest BCUT2D eigenvalue weighted by atomic mass is 19.4. The van der Waals surface area contributed by atoms with E-state index >= 15 is 0 Å². The molecule has 4 nitrogen and oxygen atoms in total. The lowest BCUT2D eigenvalue weighted by atomic mass is 10.1. The fourth-order valence-electron chi connectivity index (χ4n) is 1.28. The molecule has 0 aromatic carbocycles. The number of aliphatic hydroxyl groups excluding tert-OH is 1. The van der Waals surface area contributed by atoms with Crippen LogP contribution in [0.3, 0.4) is 0 Å². The lowest BCUT2D eigenvalue weighted by Crippen LogP contribution is -2.21. The number of aromatic nitrogens is 1. The predicted octanol–water partition coefficient (Wildman–Crippen LogP) is 1.95. The Bertz CT molecular complexity index is 457. The van der Waals surface area contributed by atoms with Gasteiger partial charge < -0.3 is 15.6 Å². The molecule has 0 unspecified atom stereocenters. The van der Waals surface area contributed by atoms with Crippen LogP contribution in [0.2, 0.25) is 0 Å². The Morgan fingerprint density at radius 3 is 2.16 bits per heavy atom. The van der Waals surface area contributed by atoms with Gasteiger partial charge in [0.1, 0.15) is 0 Å². The minimum Gasteiger partial charge on any atom is -0.390 e. The largest absolute Gasteiger partial charge is 0.574 e. The minimum atomic E-state index is -5.12. The number of nitrogens with zero attached hydrogens (tertiary/aromatic N) is 1. The van der Waals surface area contributed by atoms with Gasteiger partial charge in [0.2, 0.25) is 5.88 Å². The van der Waals surface area contributed by atoms with E-state index in [9.17, 15) is 26.3 Å². The molecule has 0 aliphatic heterocycles. The van der Waals surface area contributed by atoms with E-state index in [-0.39, 0.29) is 0 Å². The molecule has 1 rings (SSSR count). The van der Waals surface area contributed by atoms with Crippen LogP contribution in [0.25, 0.3) is 0 Å². The average molecular weight is 290 g/mol. The Hall–Kier alpha value is -1.55. The third kappa shape index (κ3) is 3.96. The van der Waals surface area contributed by atoms with Gasteiger partial charge in [0, 0.05) is 12.1 Å². The SMILES string of the molecule is NCc1cc(C(F)(F)F)c(CO)nc1OC(F)(F)F. The van der Waals surface area contributed by atoms with Crippen molar-refractivity contribution in [2.45, 2.75) is 25.7 Å². The monoisotopic (exact) mass is 290 g/mol. The summed E-state index contributed by atoms with van der Waals surface area (Å²) in [6.45, 7) is -1.82. The summed E-state index contributed by atoms with van der Waals surface area (Å²) < 4.78 is 77.3. The lowest BCUT2D eigenvalue weighted by molar-refractivity contribution is -0.276. The number of hydrogen-bond donors (Lipinski definition) is 2. The summed E-state index contributed by atoms with van der Waals surface area (Å²) in [6, 6.07) is 0.375. The summed E-state index contributed by atoms with van der Waals surface area (Å²) in [5.74, 6) is -1.10. The maximum absolute atomic E-state index is 12.6. The van der Waals surface area contributed by atoms with E-state index < -0.39 is 48.4 Å². The summed E-state index contributed by atoms with van der Waals surface area (Å²) in [7, 11) is 0. The molecule has 1 aromatic heterocycles. The number of pyridine rings is 1. The van der Waals surface area contributed by atoms with Gasteiger partial charge in [0.05, 0.1) is 17.9 Å². The normalized spacial score (nSPS) is 12.6. The molecule has 10 heteroatoms. The van der Waals surface area contributed by atoms with Crippen LogP contribution < -0.4 is 10.5 Å². The molecule has 0 spiro atoms. The minimum absolute atomic E-state index is 0.375. The highest BCUT2D eigenvalue weighted by Crippen LogP contribution is 2.35. The van der Waals surface area contributed by atoms with Gasteiger partial charge in [-0.1, -0.05) is 0 Å². The fraction of sp³-hybridized carbons (Fsp3) is 0.444. The molecule has 19 heavy (non-hydrogen) atoms. The summed E-state index contributed by atoms with van der Waals surface area (Å²) in [4.78, 5) is 3.02. The Morgan fingerprint density at radius 1 is 1.21 bits per heavy atom. The summed E-state index contributed by atoms with van der Waals surface area (Å²) in [6.07, 6.45) is -9.99. The smallest absolute Gasteiger partial charge is 0.390 e. The highest BCUT2D eigenvalue weighted by Gasteiger charge is 2.37. The van der Waals surface area contributed by atoms with Crippen LogP contribution in [0.5, 0.6) is 5.88 Å². The van der Waals surface area contributed by atoms with Gasteiger partial charge in [-0.15, -0.1) is 13.2 Å². The molecule has 0 atom stereocenters. The molecule has 0 aliphatic carbocycles. The quantitative estimate of drug-likeness (QED) is 0.835. The van der Waals surface area contributed by atoms with E-state index in [0.717, 1.165) is 0 Å². The fourth-order valence-corrected chi connectivity index (χ4v) is 1.28. The van der Waals surface area contributed by atoms with E-state index in [1.807, 2.05) is 0 Å². The van der Waals surface area contributed by atoms with Crippen molar-refractivity contribution < 1.29 is 36.2 Å². The van der Waals surface area contributed by atoms with Gasteiger partial charge in [-0.3, -0.25) is 0 Å². The highest BCUT2D eigenvalue weighted by molar-refractivity contribution is 5.36. The predicted molar refractivity (Wildman–Crippen MR) is 49.7 cm³/mol. The van der Waals surface area contributed by atoms with Crippen molar-refractivity contribution in [1.29, 1.82) is 0 Å². The van der Waals surface area contributed by atoms with E-state index in [1.54, 1.807) is 0 Å². The maximum Gasteiger partial charge on any atom is 0.574 e. The molecular formula is C9H8F6N2O2. The first kappa shape index (κ1) is 15.5. The second-order valence-electron chi connectivity index (χ2n) is 3.35. The topological polar surface area (TPSA) is 68.4 Å². The van der Waals surface area contributed by atoms with Gasteiger partial charge in [-0.05, 0) is 6.07 Å². The molecular weight excluding hydrogens is 282 g/mol. The maximum atomic E-state index is 12.6. The van der Waals surface area contributed by atoms with Crippen LogP contribution in [0.15, 0.2) is 6.07 Å². The Balaban J connectivity index is 3.36. The standard InChI is InChI=1S/C9H8F6N2O2/c10-8(11,12)5-1-4(2-16)7(17-6(5)3-18)19-9(13,14)15/h1,18H,2-3,16H2. The van der Waals surface area contributed by atoms with E-state index in [1.165, 1.54) is 0 Å². The van der Waals surface area contributed by atoms with Crippen molar-refractivity contribution in [1.82, 2.24) is 4.98 Å². The summed E-state index contributed by atoms with van der Waals surface area (Å²) in [5, 5.41) is 8.74. The van der Waals surface area contributed by atoms with Crippen LogP contribution in [-0.4, -0.2) is 16.5 Å². The first-order valence-electron chi connectivity index (χ1n) is 4.75. The third-order valence-electron chi connectivity index (χ3n) is 2.03. The number of halogens is 6. The Morgan fingerprint density at radius 2 is 1.79 bits per heavy atom. The third-order valence-corrected chi connectivity index (χ3v) is 2.03. The van der Waals surface area contributed by atoms with Gasteiger partial charge >= 0.3 is 12.5 Å². The van der Waals surface area contributed by atoms with E-state index in [0.29, 0.717) is 6.07 Å². The molecule has 1 aromatic rings. The Labute approximate surface area is 102 Å². The molecule has 0 saturated carbocycles. The molecule has 0 amide bonds. The first-order chi connectivity index (χ1) is 8.58. The van der Waals surface area contributed by atoms with Crippen LogP contribution in [0, 0.1) is 0 Å². The van der Waals surface area contributed by atoms with Crippen molar-refractivity contribution in [2.75, 3.05) is 0 Å². The van der Waals surface area contributed by atoms with Crippen molar-refractivity contribution in [3.8, 4) is 5.88 Å². The number of aliphatic hydroxyl groups is 1. The number of nitrogens with two attached hydrogens (primary N) is 1. The second-order valence-corrected chi connectivity index (χ2v) is 3.35. The zero-order valence-electron chi connectivity index (χ0n) is 9.14. The molecule has 0 saturated heterocycles. The molecule has 0 radical (unpaired) electrons. The van der Waals surface area contributed by atoms with E-state index in [4.69, 9.17) is 10.8 Å². The number of hydrogen-bond acceptors (Lipinski definition) is 4. The van der Waals surface area contributed by atoms with Crippen molar-refractivity contribution in [2.24, 2.45) is 5.73 Å². The number of ether oxygens (including phenoxy) is 1. The second kappa shape index (κ2) is 5.21. The van der Waals surface area contributed by atoms with Gasteiger partial charge in [-0.25, -0.2) is 4.98 Å². The van der Waals surface area contributed by atoms with Crippen LogP contribution in [0.4, 0.5) is 26.3 Å². The molecule has 1 heterocycles. The zero-order chi connectivity index (χ0) is 14.8. The molecule has 108 valence electrons. The molecule has 0 bridgehead atoms. The Kier molecular flexibility index (Phi) is 4.25. The van der Waals surface area contributed by atoms with Crippen molar-refractivity contribution in [3.05, 3.63) is 22.9 Å². The molecule has 0 fully saturated rings. The first-order valence-corrected chi connectivity index (χ1v) is 4.75. The van der Waals surface area contributed by atoms with Crippen LogP contribution >= 0.6 is 0 Å². The summed E-state index contributed by atoms with van der Waals surface area (Å²) in [5.41, 5.74) is 2.16. The zero-order valence-corrected chi connectivity index (χ0v) is 9.14.